The van der Waals surface area contributed by atoms with E-state index in [0.29, 0.717) is 19.1 Å². The molecule has 132 valence electrons. The van der Waals surface area contributed by atoms with Gasteiger partial charge in [0.05, 0.1) is 6.54 Å². The predicted octanol–water partition coefficient (Wildman–Crippen LogP) is 1.71. The summed E-state index contributed by atoms with van der Waals surface area (Å²) in [6.07, 6.45) is 7.11. The first-order chi connectivity index (χ1) is 12.3. The summed E-state index contributed by atoms with van der Waals surface area (Å²) in [5, 5.41) is 7.10. The van der Waals surface area contributed by atoms with Crippen molar-refractivity contribution in [2.75, 3.05) is 25.0 Å². The number of aromatic nitrogens is 3. The molecule has 1 aromatic heterocycles. The normalized spacial score (nSPS) is 20.3. The minimum Gasteiger partial charge on any atom is -0.492 e. The summed E-state index contributed by atoms with van der Waals surface area (Å²) < 4.78 is 7.86. The van der Waals surface area contributed by atoms with Crippen molar-refractivity contribution in [3.63, 3.8) is 0 Å². The zero-order valence-electron chi connectivity index (χ0n) is 14.2. The summed E-state index contributed by atoms with van der Waals surface area (Å²) in [5.74, 6) is 0.968. The molecule has 3 heterocycles. The van der Waals surface area contributed by atoms with Gasteiger partial charge in [-0.25, -0.2) is 4.98 Å². The minimum atomic E-state index is 0.0913. The van der Waals surface area contributed by atoms with Gasteiger partial charge in [0, 0.05) is 24.7 Å². The average molecular weight is 341 g/mol. The largest absolute Gasteiger partial charge is 0.492 e. The fourth-order valence-electron chi connectivity index (χ4n) is 3.67. The Balaban J connectivity index is 1.29. The second-order valence-electron chi connectivity index (χ2n) is 6.67. The van der Waals surface area contributed by atoms with Crippen molar-refractivity contribution in [3.8, 4) is 5.75 Å². The maximum Gasteiger partial charge on any atom is 0.224 e. The molecule has 7 nitrogen and oxygen atoms in total. The van der Waals surface area contributed by atoms with Gasteiger partial charge in [0.2, 0.25) is 5.91 Å². The number of amides is 1. The van der Waals surface area contributed by atoms with Crippen molar-refractivity contribution in [1.29, 1.82) is 0 Å². The number of ether oxygens (including phenoxy) is 1. The molecule has 2 aliphatic rings. The van der Waals surface area contributed by atoms with E-state index in [1.807, 2.05) is 22.9 Å². The maximum atomic E-state index is 11.4. The number of anilines is 1. The van der Waals surface area contributed by atoms with Crippen LogP contribution in [0.3, 0.4) is 0 Å². The van der Waals surface area contributed by atoms with Crippen LogP contribution in [0.1, 0.15) is 24.8 Å². The number of hydrogen-bond donors (Lipinski definition) is 1. The van der Waals surface area contributed by atoms with E-state index in [0.717, 1.165) is 43.1 Å². The lowest BCUT2D eigenvalue weighted by Gasteiger charge is -2.24. The summed E-state index contributed by atoms with van der Waals surface area (Å²) in [6, 6.07) is 6.42. The summed E-state index contributed by atoms with van der Waals surface area (Å²) in [7, 11) is 0. The first-order valence-corrected chi connectivity index (χ1v) is 8.90. The van der Waals surface area contributed by atoms with Crippen LogP contribution in [-0.2, 0) is 17.8 Å². The Kier molecular flexibility index (Phi) is 4.65. The monoisotopic (exact) mass is 341 g/mol. The highest BCUT2D eigenvalue weighted by Gasteiger charge is 2.24. The molecule has 1 saturated heterocycles. The highest BCUT2D eigenvalue weighted by atomic mass is 16.5. The van der Waals surface area contributed by atoms with Crippen molar-refractivity contribution in [2.24, 2.45) is 0 Å². The molecule has 0 saturated carbocycles. The van der Waals surface area contributed by atoms with E-state index in [-0.39, 0.29) is 5.91 Å². The van der Waals surface area contributed by atoms with Gasteiger partial charge in [0.25, 0.3) is 0 Å². The number of carbonyl (C=O) groups excluding carboxylic acids is 1. The molecule has 1 aromatic carbocycles. The average Bonchev–Trinajstić information content (AvgIpc) is 3.28. The Bertz CT molecular complexity index is 731. The molecule has 2 aliphatic heterocycles. The Labute approximate surface area is 147 Å². The molecule has 4 rings (SSSR count). The van der Waals surface area contributed by atoms with Crippen LogP contribution in [0.15, 0.2) is 30.9 Å². The maximum absolute atomic E-state index is 11.4. The fourth-order valence-corrected chi connectivity index (χ4v) is 3.67. The van der Waals surface area contributed by atoms with Gasteiger partial charge in [-0.15, -0.1) is 0 Å². The number of fused-ring (bicyclic) bond motifs is 1. The van der Waals surface area contributed by atoms with Crippen LogP contribution >= 0.6 is 0 Å². The molecule has 0 spiro atoms. The summed E-state index contributed by atoms with van der Waals surface area (Å²) in [4.78, 5) is 17.9. The predicted molar refractivity (Wildman–Crippen MR) is 93.5 cm³/mol. The number of likely N-dealkylation sites (tertiary alicyclic amines) is 1. The van der Waals surface area contributed by atoms with Crippen molar-refractivity contribution < 1.29 is 9.53 Å². The van der Waals surface area contributed by atoms with Gasteiger partial charge >= 0.3 is 0 Å². The number of rotatable bonds is 6. The lowest BCUT2D eigenvalue weighted by Crippen LogP contribution is -2.36. The Morgan fingerprint density at radius 2 is 2.28 bits per heavy atom. The molecule has 0 radical (unpaired) electrons. The highest BCUT2D eigenvalue weighted by Crippen LogP contribution is 2.27. The number of nitrogens with one attached hydrogen (secondary N) is 1. The third-order valence-corrected chi connectivity index (χ3v) is 4.98. The molecule has 2 aromatic rings. The van der Waals surface area contributed by atoms with Crippen LogP contribution in [-0.4, -0.2) is 51.3 Å². The molecular weight excluding hydrogens is 318 g/mol. The third-order valence-electron chi connectivity index (χ3n) is 4.98. The first-order valence-electron chi connectivity index (χ1n) is 8.90. The highest BCUT2D eigenvalue weighted by molar-refractivity contribution is 5.93. The van der Waals surface area contributed by atoms with Gasteiger partial charge < -0.3 is 10.1 Å². The van der Waals surface area contributed by atoms with Crippen LogP contribution in [0, 0.1) is 0 Å². The van der Waals surface area contributed by atoms with E-state index in [1.54, 1.807) is 12.7 Å². The smallest absolute Gasteiger partial charge is 0.224 e. The van der Waals surface area contributed by atoms with Gasteiger partial charge in [-0.3, -0.25) is 14.4 Å². The SMILES string of the molecule is O=C1CCc2cc(OCCN3CCC[C@@H]3Cn3cncn3)ccc2N1. The molecule has 0 bridgehead atoms. The van der Waals surface area contributed by atoms with E-state index >= 15 is 0 Å². The van der Waals surface area contributed by atoms with Gasteiger partial charge in [-0.1, -0.05) is 0 Å². The molecule has 1 atom stereocenters. The van der Waals surface area contributed by atoms with Crippen LogP contribution in [0.5, 0.6) is 5.75 Å². The van der Waals surface area contributed by atoms with E-state index in [1.165, 1.54) is 12.8 Å². The molecule has 1 fully saturated rings. The fraction of sp³-hybridized carbons (Fsp3) is 0.500. The van der Waals surface area contributed by atoms with Crippen molar-refractivity contribution in [2.45, 2.75) is 38.3 Å². The molecule has 1 amide bonds. The molecular formula is C18H23N5O2. The van der Waals surface area contributed by atoms with Gasteiger partial charge in [-0.05, 0) is 49.6 Å². The van der Waals surface area contributed by atoms with E-state index in [9.17, 15) is 4.79 Å². The Hall–Kier alpha value is -2.41. The standard InChI is InChI=1S/C18H23N5O2/c24-18-6-3-14-10-16(4-5-17(14)21-18)25-9-8-22-7-1-2-15(22)11-23-13-19-12-20-23/h4-5,10,12-13,15H,1-3,6-9,11H2,(H,21,24)/t15-/m1/s1. The third kappa shape index (κ3) is 3.82. The van der Waals surface area contributed by atoms with E-state index in [4.69, 9.17) is 4.74 Å². The number of aryl methyl sites for hydroxylation is 1. The van der Waals surface area contributed by atoms with Gasteiger partial charge in [0.15, 0.2) is 0 Å². The summed E-state index contributed by atoms with van der Waals surface area (Å²) >= 11 is 0. The van der Waals surface area contributed by atoms with Gasteiger partial charge in [-0.2, -0.15) is 5.10 Å². The lowest BCUT2D eigenvalue weighted by atomic mass is 10.0. The van der Waals surface area contributed by atoms with Crippen molar-refractivity contribution in [3.05, 3.63) is 36.4 Å². The molecule has 0 unspecified atom stereocenters. The Morgan fingerprint density at radius 1 is 1.32 bits per heavy atom. The van der Waals surface area contributed by atoms with Crippen LogP contribution in [0.2, 0.25) is 0 Å². The van der Waals surface area contributed by atoms with Crippen molar-refractivity contribution in [1.82, 2.24) is 19.7 Å². The van der Waals surface area contributed by atoms with E-state index < -0.39 is 0 Å². The number of carbonyl (C=O) groups is 1. The lowest BCUT2D eigenvalue weighted by molar-refractivity contribution is -0.116. The quantitative estimate of drug-likeness (QED) is 0.866. The Morgan fingerprint density at radius 3 is 3.16 bits per heavy atom. The van der Waals surface area contributed by atoms with Crippen LogP contribution in [0.4, 0.5) is 5.69 Å². The second-order valence-corrected chi connectivity index (χ2v) is 6.67. The number of nitrogens with zero attached hydrogens (tertiary/aromatic N) is 4. The summed E-state index contributed by atoms with van der Waals surface area (Å²) in [6.45, 7) is 3.57. The topological polar surface area (TPSA) is 72.3 Å². The second kappa shape index (κ2) is 7.23. The minimum absolute atomic E-state index is 0.0913. The molecule has 1 N–H and O–H groups in total. The zero-order valence-corrected chi connectivity index (χ0v) is 14.2. The first kappa shape index (κ1) is 16.1. The summed E-state index contributed by atoms with van der Waals surface area (Å²) in [5.41, 5.74) is 2.07. The van der Waals surface area contributed by atoms with Crippen molar-refractivity contribution >= 4 is 11.6 Å². The number of hydrogen-bond acceptors (Lipinski definition) is 5. The van der Waals surface area contributed by atoms with Crippen LogP contribution < -0.4 is 10.1 Å². The zero-order chi connectivity index (χ0) is 17.1. The molecule has 25 heavy (non-hydrogen) atoms. The molecule has 0 aliphatic carbocycles. The van der Waals surface area contributed by atoms with Gasteiger partial charge in [0.1, 0.15) is 25.0 Å². The van der Waals surface area contributed by atoms with E-state index in [2.05, 4.69) is 20.3 Å². The molecule has 7 heteroatoms. The number of benzene rings is 1. The van der Waals surface area contributed by atoms with Crippen LogP contribution in [0.25, 0.3) is 0 Å².